The Balaban J connectivity index is 1.61. The smallest absolute Gasteiger partial charge is 0.223 e. The van der Waals surface area contributed by atoms with Gasteiger partial charge in [0.25, 0.3) is 0 Å². The maximum Gasteiger partial charge on any atom is 0.223 e. The molecule has 1 aromatic heterocycles. The molecule has 1 aliphatic rings. The van der Waals surface area contributed by atoms with Crippen molar-refractivity contribution in [1.29, 1.82) is 0 Å². The van der Waals surface area contributed by atoms with Crippen molar-refractivity contribution >= 4 is 11.8 Å². The summed E-state index contributed by atoms with van der Waals surface area (Å²) in [5.41, 5.74) is 0.732. The number of hydrogen-bond acceptors (Lipinski definition) is 6. The molecule has 1 aromatic carbocycles. The van der Waals surface area contributed by atoms with Gasteiger partial charge in [0, 0.05) is 31.4 Å². The largest absolute Gasteiger partial charge is 0.496 e. The third-order valence-corrected chi connectivity index (χ3v) is 5.18. The van der Waals surface area contributed by atoms with Crippen LogP contribution in [0.5, 0.6) is 5.75 Å². The van der Waals surface area contributed by atoms with E-state index < -0.39 is 6.04 Å². The van der Waals surface area contributed by atoms with Crippen LogP contribution in [0, 0.1) is 12.8 Å². The predicted octanol–water partition coefficient (Wildman–Crippen LogP) is 2.68. The molecule has 29 heavy (non-hydrogen) atoms. The lowest BCUT2D eigenvalue weighted by atomic mass is 9.89. The Morgan fingerprint density at radius 3 is 2.69 bits per heavy atom. The van der Waals surface area contributed by atoms with Gasteiger partial charge in [-0.2, -0.15) is 4.98 Å². The molecular weight excluding hydrogens is 372 g/mol. The molecule has 1 aliphatic carbocycles. The van der Waals surface area contributed by atoms with Crippen LogP contribution in [0.4, 0.5) is 0 Å². The van der Waals surface area contributed by atoms with E-state index in [0.29, 0.717) is 24.0 Å². The minimum atomic E-state index is -0.606. The summed E-state index contributed by atoms with van der Waals surface area (Å²) >= 11 is 0. The molecule has 1 unspecified atom stereocenters. The van der Waals surface area contributed by atoms with Crippen molar-refractivity contribution in [1.82, 2.24) is 20.8 Å². The molecule has 0 radical (unpaired) electrons. The second kappa shape index (κ2) is 10.0. The number of aryl methyl sites for hydroxylation is 1. The molecule has 1 fully saturated rings. The van der Waals surface area contributed by atoms with Crippen LogP contribution in [-0.2, 0) is 9.59 Å². The summed E-state index contributed by atoms with van der Waals surface area (Å²) in [6.07, 6.45) is 5.44. The predicted molar refractivity (Wildman–Crippen MR) is 106 cm³/mol. The molecule has 0 saturated heterocycles. The van der Waals surface area contributed by atoms with Crippen molar-refractivity contribution in [3.05, 3.63) is 41.5 Å². The van der Waals surface area contributed by atoms with E-state index in [2.05, 4.69) is 20.8 Å². The first-order chi connectivity index (χ1) is 14.1. The van der Waals surface area contributed by atoms with Gasteiger partial charge in [-0.3, -0.25) is 9.59 Å². The average Bonchev–Trinajstić information content (AvgIpc) is 3.18. The molecule has 3 rings (SSSR count). The summed E-state index contributed by atoms with van der Waals surface area (Å²) in [6.45, 7) is 1.99. The van der Waals surface area contributed by atoms with E-state index >= 15 is 0 Å². The summed E-state index contributed by atoms with van der Waals surface area (Å²) in [6, 6.07) is 6.76. The van der Waals surface area contributed by atoms with Crippen LogP contribution in [0.3, 0.4) is 0 Å². The summed E-state index contributed by atoms with van der Waals surface area (Å²) < 4.78 is 10.5. The first kappa shape index (κ1) is 20.8. The Hall–Kier alpha value is -2.90. The molecule has 2 N–H and O–H groups in total. The lowest BCUT2D eigenvalue weighted by Gasteiger charge is -2.21. The Kier molecular flexibility index (Phi) is 7.21. The van der Waals surface area contributed by atoms with Crippen molar-refractivity contribution in [2.24, 2.45) is 5.92 Å². The van der Waals surface area contributed by atoms with Crippen LogP contribution in [-0.4, -0.2) is 35.6 Å². The number of carbonyl (C=O) groups is 2. The zero-order chi connectivity index (χ0) is 20.6. The number of ether oxygens (including phenoxy) is 1. The molecule has 1 atom stereocenters. The fourth-order valence-electron chi connectivity index (χ4n) is 3.66. The SMILES string of the molecule is COc1ccccc1C(NC(=O)CCNC(=O)C1CCCCC1)c1noc(C)n1. The molecule has 2 aromatic rings. The van der Waals surface area contributed by atoms with Gasteiger partial charge < -0.3 is 19.9 Å². The molecule has 0 spiro atoms. The summed E-state index contributed by atoms with van der Waals surface area (Å²) in [5, 5.41) is 9.79. The fourth-order valence-corrected chi connectivity index (χ4v) is 3.66. The second-order valence-corrected chi connectivity index (χ2v) is 7.29. The molecular formula is C21H28N4O4. The van der Waals surface area contributed by atoms with E-state index in [-0.39, 0.29) is 24.2 Å². The Morgan fingerprint density at radius 1 is 1.24 bits per heavy atom. The van der Waals surface area contributed by atoms with Crippen molar-refractivity contribution in [3.63, 3.8) is 0 Å². The Labute approximate surface area is 170 Å². The minimum Gasteiger partial charge on any atom is -0.496 e. The third-order valence-electron chi connectivity index (χ3n) is 5.18. The van der Waals surface area contributed by atoms with E-state index in [1.807, 2.05) is 24.3 Å². The first-order valence-electron chi connectivity index (χ1n) is 10.1. The molecule has 0 aliphatic heterocycles. The van der Waals surface area contributed by atoms with E-state index in [1.54, 1.807) is 14.0 Å². The van der Waals surface area contributed by atoms with E-state index in [9.17, 15) is 9.59 Å². The number of rotatable bonds is 8. The number of amides is 2. The Morgan fingerprint density at radius 2 is 2.00 bits per heavy atom. The molecule has 8 nitrogen and oxygen atoms in total. The summed E-state index contributed by atoms with van der Waals surface area (Å²) in [5.74, 6) is 1.29. The van der Waals surface area contributed by atoms with Gasteiger partial charge in [0.05, 0.1) is 7.11 Å². The molecule has 8 heteroatoms. The van der Waals surface area contributed by atoms with E-state index in [4.69, 9.17) is 9.26 Å². The highest BCUT2D eigenvalue weighted by Gasteiger charge is 2.25. The number of hydrogen-bond donors (Lipinski definition) is 2. The van der Waals surface area contributed by atoms with Gasteiger partial charge in [-0.25, -0.2) is 0 Å². The molecule has 156 valence electrons. The summed E-state index contributed by atoms with van der Waals surface area (Å²) in [7, 11) is 1.57. The lowest BCUT2D eigenvalue weighted by molar-refractivity contribution is -0.126. The van der Waals surface area contributed by atoms with Crippen molar-refractivity contribution in [3.8, 4) is 5.75 Å². The van der Waals surface area contributed by atoms with Crippen LogP contribution < -0.4 is 15.4 Å². The molecule has 1 heterocycles. The van der Waals surface area contributed by atoms with E-state index in [1.165, 1.54) is 6.42 Å². The van der Waals surface area contributed by atoms with Crippen molar-refractivity contribution < 1.29 is 18.8 Å². The van der Waals surface area contributed by atoms with Crippen molar-refractivity contribution in [2.75, 3.05) is 13.7 Å². The van der Waals surface area contributed by atoms with Gasteiger partial charge in [-0.15, -0.1) is 0 Å². The van der Waals surface area contributed by atoms with Gasteiger partial charge in [0.15, 0.2) is 5.82 Å². The number of methoxy groups -OCH3 is 1. The molecule has 1 saturated carbocycles. The topological polar surface area (TPSA) is 106 Å². The number of benzene rings is 1. The van der Waals surface area contributed by atoms with Gasteiger partial charge >= 0.3 is 0 Å². The normalized spacial score (nSPS) is 15.5. The second-order valence-electron chi connectivity index (χ2n) is 7.29. The van der Waals surface area contributed by atoms with Crippen LogP contribution in [0.15, 0.2) is 28.8 Å². The maximum atomic E-state index is 12.6. The monoisotopic (exact) mass is 400 g/mol. The van der Waals surface area contributed by atoms with Gasteiger partial charge in [0.1, 0.15) is 11.8 Å². The van der Waals surface area contributed by atoms with Crippen LogP contribution in [0.2, 0.25) is 0 Å². The van der Waals surface area contributed by atoms with E-state index in [0.717, 1.165) is 31.2 Å². The maximum absolute atomic E-state index is 12.6. The number of aromatic nitrogens is 2. The highest BCUT2D eigenvalue weighted by molar-refractivity contribution is 5.80. The quantitative estimate of drug-likeness (QED) is 0.706. The van der Waals surface area contributed by atoms with Gasteiger partial charge in [-0.1, -0.05) is 42.6 Å². The average molecular weight is 400 g/mol. The number of nitrogens with zero attached hydrogens (tertiary/aromatic N) is 2. The van der Waals surface area contributed by atoms with Crippen molar-refractivity contribution in [2.45, 2.75) is 51.5 Å². The van der Waals surface area contributed by atoms with Gasteiger partial charge in [0.2, 0.25) is 17.7 Å². The van der Waals surface area contributed by atoms with Crippen LogP contribution in [0.1, 0.15) is 61.8 Å². The molecule has 2 amide bonds. The van der Waals surface area contributed by atoms with Gasteiger partial charge in [-0.05, 0) is 18.9 Å². The highest BCUT2D eigenvalue weighted by Crippen LogP contribution is 2.28. The first-order valence-corrected chi connectivity index (χ1v) is 10.1. The van der Waals surface area contributed by atoms with Crippen LogP contribution >= 0.6 is 0 Å². The zero-order valence-corrected chi connectivity index (χ0v) is 16.9. The minimum absolute atomic E-state index is 0.0487. The summed E-state index contributed by atoms with van der Waals surface area (Å²) in [4.78, 5) is 29.1. The third kappa shape index (κ3) is 5.56. The highest BCUT2D eigenvalue weighted by atomic mass is 16.5. The number of nitrogens with one attached hydrogen (secondary N) is 2. The fraction of sp³-hybridized carbons (Fsp3) is 0.524. The zero-order valence-electron chi connectivity index (χ0n) is 16.9. The number of carbonyl (C=O) groups excluding carboxylic acids is 2. The van der Waals surface area contributed by atoms with Crippen LogP contribution in [0.25, 0.3) is 0 Å². The molecule has 0 bridgehead atoms. The Bertz CT molecular complexity index is 830. The standard InChI is InChI=1S/C21H28N4O4/c1-14-23-20(25-29-14)19(16-10-6-7-11-17(16)28-2)24-18(26)12-13-22-21(27)15-8-4-3-5-9-15/h6-7,10-11,15,19H,3-5,8-9,12-13H2,1-2H3,(H,22,27)(H,24,26). The number of para-hydroxylation sites is 1. The lowest BCUT2D eigenvalue weighted by Crippen LogP contribution is -2.36.